The van der Waals surface area contributed by atoms with Gasteiger partial charge in [-0.2, -0.15) is 0 Å². The number of anilines is 3. The maximum atomic E-state index is 14.3. The lowest BCUT2D eigenvalue weighted by Crippen LogP contribution is -2.22. The molecule has 32 heavy (non-hydrogen) atoms. The molecule has 4 rings (SSSR count). The van der Waals surface area contributed by atoms with Crippen LogP contribution in [0.1, 0.15) is 23.0 Å². The molecule has 0 fully saturated rings. The first-order chi connectivity index (χ1) is 15.5. The van der Waals surface area contributed by atoms with Crippen LogP contribution in [-0.4, -0.2) is 42.7 Å². The lowest BCUT2D eigenvalue weighted by Gasteiger charge is -2.19. The summed E-state index contributed by atoms with van der Waals surface area (Å²) in [5, 5.41) is 5.80. The maximum Gasteiger partial charge on any atom is 0.255 e. The molecule has 1 aromatic carbocycles. The summed E-state index contributed by atoms with van der Waals surface area (Å²) < 4.78 is 34.1. The molecule has 0 saturated heterocycles. The van der Waals surface area contributed by atoms with Crippen LogP contribution in [0.15, 0.2) is 42.6 Å². The van der Waals surface area contributed by atoms with E-state index in [1.807, 2.05) is 24.9 Å². The highest BCUT2D eigenvalue weighted by atomic mass is 19.1. The Kier molecular flexibility index (Phi) is 6.27. The van der Waals surface area contributed by atoms with Crippen LogP contribution in [0.25, 0.3) is 11.3 Å². The number of carbonyl (C=O) groups is 1. The van der Waals surface area contributed by atoms with E-state index in [0.29, 0.717) is 36.0 Å². The first-order valence-corrected chi connectivity index (χ1v) is 10.3. The largest absolute Gasteiger partial charge is 0.380 e. The number of nitrogens with zero attached hydrogens (tertiary/aromatic N) is 3. The van der Waals surface area contributed by atoms with Gasteiger partial charge in [0.2, 0.25) is 0 Å². The van der Waals surface area contributed by atoms with Crippen molar-refractivity contribution in [2.75, 3.05) is 37.0 Å². The Morgan fingerprint density at radius 3 is 2.66 bits per heavy atom. The molecule has 1 aliphatic heterocycles. The number of hydrogen-bond donors (Lipinski definition) is 2. The van der Waals surface area contributed by atoms with Gasteiger partial charge in [0.25, 0.3) is 5.91 Å². The Hall–Kier alpha value is -3.59. The molecule has 0 aliphatic carbocycles. The summed E-state index contributed by atoms with van der Waals surface area (Å²) in [5.41, 5.74) is 1.91. The minimum atomic E-state index is -0.724. The number of benzene rings is 1. The average Bonchev–Trinajstić information content (AvgIpc) is 3.15. The number of hydrogen-bond acceptors (Lipinski definition) is 6. The lowest BCUT2D eigenvalue weighted by molar-refractivity contribution is 0.0966. The number of ether oxygens (including phenoxy) is 1. The van der Waals surface area contributed by atoms with Crippen LogP contribution in [0.5, 0.6) is 0 Å². The Morgan fingerprint density at radius 2 is 1.97 bits per heavy atom. The number of halogens is 2. The fourth-order valence-electron chi connectivity index (χ4n) is 3.50. The fourth-order valence-corrected chi connectivity index (χ4v) is 3.50. The molecular formula is C23H23F2N5O2. The second-order valence-corrected chi connectivity index (χ2v) is 7.30. The van der Waals surface area contributed by atoms with Crippen LogP contribution >= 0.6 is 0 Å². The second kappa shape index (κ2) is 9.27. The SMILES string of the molecule is CCOCCN(C)c1ccc(Nc2cc(-c3c(F)cccc3F)nc3c2C(=O)NC3)nc1. The lowest BCUT2D eigenvalue weighted by atomic mass is 10.1. The van der Waals surface area contributed by atoms with Gasteiger partial charge in [0, 0.05) is 20.2 Å². The van der Waals surface area contributed by atoms with E-state index in [1.54, 1.807) is 12.3 Å². The first kappa shape index (κ1) is 21.6. The monoisotopic (exact) mass is 439 g/mol. The van der Waals surface area contributed by atoms with Crippen molar-refractivity contribution in [3.8, 4) is 11.3 Å². The quantitative estimate of drug-likeness (QED) is 0.519. The molecule has 7 nitrogen and oxygen atoms in total. The van der Waals surface area contributed by atoms with Gasteiger partial charge in [-0.25, -0.2) is 18.7 Å². The van der Waals surface area contributed by atoms with Crippen LogP contribution in [0.3, 0.4) is 0 Å². The van der Waals surface area contributed by atoms with E-state index in [1.165, 1.54) is 24.3 Å². The molecule has 0 saturated carbocycles. The maximum absolute atomic E-state index is 14.3. The van der Waals surface area contributed by atoms with Gasteiger partial charge < -0.3 is 20.3 Å². The highest BCUT2D eigenvalue weighted by molar-refractivity contribution is 6.04. The third-order valence-electron chi connectivity index (χ3n) is 5.18. The van der Waals surface area contributed by atoms with E-state index in [-0.39, 0.29) is 23.7 Å². The van der Waals surface area contributed by atoms with Gasteiger partial charge in [-0.3, -0.25) is 4.79 Å². The molecule has 0 unspecified atom stereocenters. The Morgan fingerprint density at radius 1 is 1.19 bits per heavy atom. The van der Waals surface area contributed by atoms with Crippen molar-refractivity contribution >= 4 is 23.1 Å². The number of nitrogens with one attached hydrogen (secondary N) is 2. The van der Waals surface area contributed by atoms with E-state index in [2.05, 4.69) is 20.6 Å². The van der Waals surface area contributed by atoms with Crippen molar-refractivity contribution < 1.29 is 18.3 Å². The van der Waals surface area contributed by atoms with Crippen molar-refractivity contribution in [2.24, 2.45) is 0 Å². The molecule has 0 spiro atoms. The van der Waals surface area contributed by atoms with Crippen LogP contribution in [-0.2, 0) is 11.3 Å². The molecule has 166 valence electrons. The Labute approximate surface area is 184 Å². The van der Waals surface area contributed by atoms with Crippen LogP contribution in [0, 0.1) is 11.6 Å². The van der Waals surface area contributed by atoms with Gasteiger partial charge in [-0.1, -0.05) is 6.07 Å². The molecule has 0 radical (unpaired) electrons. The zero-order valence-electron chi connectivity index (χ0n) is 17.8. The summed E-state index contributed by atoms with van der Waals surface area (Å²) in [7, 11) is 1.94. The zero-order valence-corrected chi connectivity index (χ0v) is 17.8. The van der Waals surface area contributed by atoms with Gasteiger partial charge in [-0.15, -0.1) is 0 Å². The van der Waals surface area contributed by atoms with Crippen molar-refractivity contribution in [2.45, 2.75) is 13.5 Å². The van der Waals surface area contributed by atoms with Gasteiger partial charge in [0.1, 0.15) is 17.5 Å². The topological polar surface area (TPSA) is 79.4 Å². The normalized spacial score (nSPS) is 12.4. The minimum absolute atomic E-state index is 0.102. The number of pyridine rings is 2. The van der Waals surface area contributed by atoms with Crippen LogP contribution in [0.4, 0.5) is 26.0 Å². The zero-order chi connectivity index (χ0) is 22.7. The second-order valence-electron chi connectivity index (χ2n) is 7.30. The first-order valence-electron chi connectivity index (χ1n) is 10.3. The number of rotatable bonds is 8. The number of likely N-dealkylation sites (N-methyl/N-ethyl adjacent to an activating group) is 1. The predicted octanol–water partition coefficient (Wildman–Crippen LogP) is 3.88. The fraction of sp³-hybridized carbons (Fsp3) is 0.261. The van der Waals surface area contributed by atoms with Crippen molar-refractivity contribution in [1.29, 1.82) is 0 Å². The summed E-state index contributed by atoms with van der Waals surface area (Å²) in [5.74, 6) is -1.26. The number of aromatic nitrogens is 2. The van der Waals surface area contributed by atoms with E-state index >= 15 is 0 Å². The van der Waals surface area contributed by atoms with Gasteiger partial charge >= 0.3 is 0 Å². The van der Waals surface area contributed by atoms with Crippen molar-refractivity contribution in [3.05, 3.63) is 65.5 Å². The molecule has 2 aromatic heterocycles. The third-order valence-corrected chi connectivity index (χ3v) is 5.18. The Bertz CT molecular complexity index is 1120. The van der Waals surface area contributed by atoms with Gasteiger partial charge in [0.15, 0.2) is 0 Å². The third kappa shape index (κ3) is 4.38. The summed E-state index contributed by atoms with van der Waals surface area (Å²) >= 11 is 0. The highest BCUT2D eigenvalue weighted by Crippen LogP contribution is 2.33. The molecule has 3 heterocycles. The van der Waals surface area contributed by atoms with Crippen molar-refractivity contribution in [3.63, 3.8) is 0 Å². The molecule has 1 aliphatic rings. The molecule has 2 N–H and O–H groups in total. The minimum Gasteiger partial charge on any atom is -0.380 e. The highest BCUT2D eigenvalue weighted by Gasteiger charge is 2.27. The summed E-state index contributed by atoms with van der Waals surface area (Å²) in [4.78, 5) is 23.1. The molecule has 0 atom stereocenters. The standard InChI is InChI=1S/C23H23F2N5O2/c1-3-32-10-9-30(2)14-7-8-20(26-12-14)29-18-11-17(21-15(24)5-4-6-16(21)25)28-19-13-27-23(31)22(18)19/h4-8,11-12H,3,9-10,13H2,1-2H3,(H,27,31)(H,26,28,29). The Balaban J connectivity index is 1.64. The van der Waals surface area contributed by atoms with Crippen molar-refractivity contribution in [1.82, 2.24) is 15.3 Å². The predicted molar refractivity (Wildman–Crippen MR) is 118 cm³/mol. The smallest absolute Gasteiger partial charge is 0.255 e. The summed E-state index contributed by atoms with van der Waals surface area (Å²) in [6, 6.07) is 8.77. The van der Waals surface area contributed by atoms with E-state index in [9.17, 15) is 13.6 Å². The van der Waals surface area contributed by atoms with E-state index in [4.69, 9.17) is 4.74 Å². The van der Waals surface area contributed by atoms with E-state index in [0.717, 1.165) is 12.2 Å². The average molecular weight is 439 g/mol. The summed E-state index contributed by atoms with van der Waals surface area (Å²) in [6.07, 6.45) is 1.70. The molecule has 1 amide bonds. The number of fused-ring (bicyclic) bond motifs is 1. The van der Waals surface area contributed by atoms with Crippen LogP contribution in [0.2, 0.25) is 0 Å². The van der Waals surface area contributed by atoms with Gasteiger partial charge in [0.05, 0.1) is 53.2 Å². The number of carbonyl (C=O) groups excluding carboxylic acids is 1. The molecular weight excluding hydrogens is 416 g/mol. The number of amides is 1. The van der Waals surface area contributed by atoms with Crippen LogP contribution < -0.4 is 15.5 Å². The molecule has 0 bridgehead atoms. The van der Waals surface area contributed by atoms with Gasteiger partial charge in [-0.05, 0) is 37.3 Å². The summed E-state index contributed by atoms with van der Waals surface area (Å²) in [6.45, 7) is 4.13. The van der Waals surface area contributed by atoms with E-state index < -0.39 is 11.6 Å². The molecule has 9 heteroatoms. The molecule has 3 aromatic rings.